The van der Waals surface area contributed by atoms with Crippen LogP contribution in [-0.2, 0) is 9.59 Å². The van der Waals surface area contributed by atoms with Gasteiger partial charge in [0.15, 0.2) is 0 Å². The number of nitrogens with one attached hydrogen (secondary N) is 1. The van der Waals surface area contributed by atoms with Crippen molar-refractivity contribution in [3.8, 4) is 0 Å². The van der Waals surface area contributed by atoms with Crippen molar-refractivity contribution in [3.63, 3.8) is 0 Å². The molecule has 0 radical (unpaired) electrons. The van der Waals surface area contributed by atoms with Crippen molar-refractivity contribution >= 4 is 11.9 Å². The van der Waals surface area contributed by atoms with Crippen LogP contribution in [0.1, 0.15) is 19.8 Å². The average molecular weight is 257 g/mol. The molecule has 0 bridgehead atoms. The number of hydrogen-bond donors (Lipinski definition) is 2. The number of carboxylic acid groups (broad SMARTS) is 1. The predicted molar refractivity (Wildman–Crippen MR) is 68.4 cm³/mol. The van der Waals surface area contributed by atoms with Crippen molar-refractivity contribution in [3.05, 3.63) is 0 Å². The summed E-state index contributed by atoms with van der Waals surface area (Å²) in [6.45, 7) is 3.60. The lowest BCUT2D eigenvalue weighted by Crippen LogP contribution is -2.49. The van der Waals surface area contributed by atoms with Crippen LogP contribution in [0.25, 0.3) is 0 Å². The second-order valence-electron chi connectivity index (χ2n) is 5.09. The van der Waals surface area contributed by atoms with Gasteiger partial charge in [-0.3, -0.25) is 4.79 Å². The standard InChI is InChI=1S/C12H23N3O3/c1-9(16)13-11(12(17)18)8-14(2)7-10-5-4-6-15(10)3/h10-11H,4-8H2,1-3H3,(H,13,16)(H,17,18). The molecule has 1 saturated heterocycles. The normalized spacial score (nSPS) is 22.1. The third-order valence-corrected chi connectivity index (χ3v) is 3.36. The number of rotatable bonds is 6. The Labute approximate surface area is 108 Å². The summed E-state index contributed by atoms with van der Waals surface area (Å²) in [5.74, 6) is -1.30. The second-order valence-corrected chi connectivity index (χ2v) is 5.09. The van der Waals surface area contributed by atoms with Gasteiger partial charge in [-0.15, -0.1) is 0 Å². The van der Waals surface area contributed by atoms with Crippen molar-refractivity contribution < 1.29 is 14.7 Å². The molecule has 0 aliphatic carbocycles. The highest BCUT2D eigenvalue weighted by atomic mass is 16.4. The highest BCUT2D eigenvalue weighted by Crippen LogP contribution is 2.15. The van der Waals surface area contributed by atoms with E-state index in [4.69, 9.17) is 5.11 Å². The van der Waals surface area contributed by atoms with Gasteiger partial charge >= 0.3 is 5.97 Å². The van der Waals surface area contributed by atoms with Crippen LogP contribution in [0.15, 0.2) is 0 Å². The van der Waals surface area contributed by atoms with E-state index in [-0.39, 0.29) is 5.91 Å². The van der Waals surface area contributed by atoms with Crippen LogP contribution < -0.4 is 5.32 Å². The topological polar surface area (TPSA) is 72.9 Å². The molecule has 0 aromatic rings. The molecule has 1 heterocycles. The summed E-state index contributed by atoms with van der Waals surface area (Å²) in [6, 6.07) is -0.346. The summed E-state index contributed by atoms with van der Waals surface area (Å²) in [6.07, 6.45) is 2.35. The Morgan fingerprint density at radius 3 is 2.67 bits per heavy atom. The lowest BCUT2D eigenvalue weighted by atomic mass is 10.2. The van der Waals surface area contributed by atoms with E-state index in [0.717, 1.165) is 19.5 Å². The van der Waals surface area contributed by atoms with Gasteiger partial charge < -0.3 is 20.2 Å². The quantitative estimate of drug-likeness (QED) is 0.677. The Bertz CT molecular complexity index is 309. The van der Waals surface area contributed by atoms with Gasteiger partial charge in [0.2, 0.25) is 5.91 Å². The number of hydrogen-bond acceptors (Lipinski definition) is 4. The molecule has 2 unspecified atom stereocenters. The van der Waals surface area contributed by atoms with E-state index in [1.165, 1.54) is 13.3 Å². The molecule has 0 aromatic heterocycles. The molecule has 1 aliphatic rings. The number of amides is 1. The fourth-order valence-corrected chi connectivity index (χ4v) is 2.39. The molecule has 2 N–H and O–H groups in total. The summed E-state index contributed by atoms with van der Waals surface area (Å²) < 4.78 is 0. The maximum Gasteiger partial charge on any atom is 0.327 e. The minimum atomic E-state index is -0.989. The Balaban J connectivity index is 2.42. The Morgan fingerprint density at radius 1 is 1.56 bits per heavy atom. The first-order valence-electron chi connectivity index (χ1n) is 6.29. The number of carboxylic acids is 1. The minimum absolute atomic E-state index is 0.311. The van der Waals surface area contributed by atoms with Crippen molar-refractivity contribution in [2.24, 2.45) is 0 Å². The number of carbonyl (C=O) groups excluding carboxylic acids is 1. The Hall–Kier alpha value is -1.14. The van der Waals surface area contributed by atoms with Crippen LogP contribution in [0.4, 0.5) is 0 Å². The van der Waals surface area contributed by atoms with E-state index in [9.17, 15) is 9.59 Å². The molecule has 104 valence electrons. The SMILES string of the molecule is CC(=O)NC(CN(C)CC1CCCN1C)C(=O)O. The van der Waals surface area contributed by atoms with Gasteiger partial charge in [-0.1, -0.05) is 0 Å². The van der Waals surface area contributed by atoms with Gasteiger partial charge in [-0.25, -0.2) is 4.79 Å². The molecule has 0 spiro atoms. The van der Waals surface area contributed by atoms with Crippen LogP contribution in [-0.4, -0.2) is 72.6 Å². The van der Waals surface area contributed by atoms with Gasteiger partial charge in [0, 0.05) is 26.1 Å². The molecule has 1 rings (SSSR count). The van der Waals surface area contributed by atoms with Crippen molar-refractivity contribution in [2.45, 2.75) is 31.8 Å². The molecular weight excluding hydrogens is 234 g/mol. The van der Waals surface area contributed by atoms with E-state index < -0.39 is 12.0 Å². The van der Waals surface area contributed by atoms with Crippen LogP contribution in [0.2, 0.25) is 0 Å². The number of likely N-dealkylation sites (tertiary alicyclic amines) is 1. The lowest BCUT2D eigenvalue weighted by molar-refractivity contribution is -0.142. The van der Waals surface area contributed by atoms with E-state index >= 15 is 0 Å². The zero-order valence-corrected chi connectivity index (χ0v) is 11.3. The molecule has 0 saturated carbocycles. The van der Waals surface area contributed by atoms with E-state index in [2.05, 4.69) is 17.3 Å². The fraction of sp³-hybridized carbons (Fsp3) is 0.833. The van der Waals surface area contributed by atoms with Gasteiger partial charge in [0.05, 0.1) is 0 Å². The van der Waals surface area contributed by atoms with Crippen molar-refractivity contribution in [1.82, 2.24) is 15.1 Å². The smallest absolute Gasteiger partial charge is 0.327 e. The summed E-state index contributed by atoms with van der Waals surface area (Å²) >= 11 is 0. The van der Waals surface area contributed by atoms with Gasteiger partial charge in [-0.05, 0) is 33.5 Å². The molecular formula is C12H23N3O3. The molecule has 0 aromatic carbocycles. The zero-order valence-electron chi connectivity index (χ0n) is 11.3. The van der Waals surface area contributed by atoms with Gasteiger partial charge in [0.25, 0.3) is 0 Å². The van der Waals surface area contributed by atoms with E-state index in [0.29, 0.717) is 12.6 Å². The Kier molecular flexibility index (Phi) is 5.55. The number of aliphatic carboxylic acids is 1. The van der Waals surface area contributed by atoms with Gasteiger partial charge in [-0.2, -0.15) is 0 Å². The van der Waals surface area contributed by atoms with E-state index in [1.807, 2.05) is 11.9 Å². The molecule has 1 fully saturated rings. The lowest BCUT2D eigenvalue weighted by Gasteiger charge is -2.27. The summed E-state index contributed by atoms with van der Waals surface area (Å²) in [4.78, 5) is 26.2. The summed E-state index contributed by atoms with van der Waals surface area (Å²) in [5, 5.41) is 11.5. The largest absolute Gasteiger partial charge is 0.480 e. The first kappa shape index (κ1) is 14.9. The first-order valence-corrected chi connectivity index (χ1v) is 6.29. The first-order chi connectivity index (χ1) is 8.40. The maximum atomic E-state index is 11.0. The summed E-state index contributed by atoms with van der Waals surface area (Å²) in [5.41, 5.74) is 0. The van der Waals surface area contributed by atoms with Crippen molar-refractivity contribution in [2.75, 3.05) is 33.7 Å². The molecule has 1 aliphatic heterocycles. The van der Waals surface area contributed by atoms with Crippen LogP contribution >= 0.6 is 0 Å². The van der Waals surface area contributed by atoms with Crippen molar-refractivity contribution in [1.29, 1.82) is 0 Å². The third kappa shape index (κ3) is 4.62. The monoisotopic (exact) mass is 257 g/mol. The maximum absolute atomic E-state index is 11.0. The van der Waals surface area contributed by atoms with Crippen LogP contribution in [0.3, 0.4) is 0 Å². The molecule has 2 atom stereocenters. The second kappa shape index (κ2) is 6.70. The average Bonchev–Trinajstić information content (AvgIpc) is 2.62. The minimum Gasteiger partial charge on any atom is -0.480 e. The Morgan fingerprint density at radius 2 is 2.22 bits per heavy atom. The van der Waals surface area contributed by atoms with Crippen LogP contribution in [0, 0.1) is 0 Å². The number of likely N-dealkylation sites (N-methyl/N-ethyl adjacent to an activating group) is 2. The molecule has 18 heavy (non-hydrogen) atoms. The number of carbonyl (C=O) groups is 2. The highest BCUT2D eigenvalue weighted by Gasteiger charge is 2.25. The third-order valence-electron chi connectivity index (χ3n) is 3.36. The van der Waals surface area contributed by atoms with Gasteiger partial charge in [0.1, 0.15) is 6.04 Å². The molecule has 1 amide bonds. The summed E-state index contributed by atoms with van der Waals surface area (Å²) in [7, 11) is 3.98. The fourth-order valence-electron chi connectivity index (χ4n) is 2.39. The highest BCUT2D eigenvalue weighted by molar-refractivity contribution is 5.82. The molecule has 6 heteroatoms. The zero-order chi connectivity index (χ0) is 13.7. The van der Waals surface area contributed by atoms with E-state index in [1.54, 1.807) is 0 Å². The van der Waals surface area contributed by atoms with Crippen LogP contribution in [0.5, 0.6) is 0 Å². The predicted octanol–water partition coefficient (Wildman–Crippen LogP) is -0.398. The number of nitrogens with zero attached hydrogens (tertiary/aromatic N) is 2. The molecule has 6 nitrogen and oxygen atoms in total.